The zero-order valence-electron chi connectivity index (χ0n) is 22.6. The molecule has 0 spiro atoms. The van der Waals surface area contributed by atoms with E-state index in [1.807, 2.05) is 0 Å². The molecule has 1 aliphatic rings. The molecule has 1 aliphatic heterocycles. The van der Waals surface area contributed by atoms with E-state index in [0.717, 1.165) is 31.2 Å². The number of nitrogens with zero attached hydrogens (tertiary/aromatic N) is 4. The largest absolute Gasteiger partial charge is 0.479 e. The number of fused-ring (bicyclic) bond motifs is 1. The number of aromatic nitrogens is 4. The summed E-state index contributed by atoms with van der Waals surface area (Å²) in [4.78, 5) is 26.9. The first kappa shape index (κ1) is 31.7. The first-order chi connectivity index (χ1) is 20.6. The number of hydrogen-bond acceptors (Lipinski definition) is 7. The van der Waals surface area contributed by atoms with Crippen LogP contribution in [0.15, 0.2) is 53.5 Å². The van der Waals surface area contributed by atoms with Crippen molar-refractivity contribution in [1.82, 2.24) is 19.3 Å². The van der Waals surface area contributed by atoms with Crippen LogP contribution in [0, 0.1) is 18.2 Å². The van der Waals surface area contributed by atoms with Gasteiger partial charge in [0, 0.05) is 25.2 Å². The molecule has 0 bridgehead atoms. The number of carboxylic acid groups (broad SMARTS) is 1. The summed E-state index contributed by atoms with van der Waals surface area (Å²) in [5.74, 6) is 2.26. The summed E-state index contributed by atoms with van der Waals surface area (Å²) in [6, 6.07) is 10.3. The zero-order chi connectivity index (χ0) is 31.1. The zero-order valence-corrected chi connectivity index (χ0v) is 24.9. The maximum absolute atomic E-state index is 13.5. The Morgan fingerprint density at radius 3 is 2.51 bits per heavy atom. The number of carbonyl (C=O) groups is 1. The molecule has 0 saturated heterocycles. The van der Waals surface area contributed by atoms with Crippen molar-refractivity contribution < 1.29 is 28.5 Å². The standard InChI is InChI=1S/C15H13Cl2N3O2.C14H11ClFNO4/c1-2-7-22-13-9-12(10(16)8-11(13)17)20-15(21)19-6-4-3-5-14(19)18-20;1-8(14(18)19)20-10-2-4-11(5-3-10)21-13-12(16)6-9(15)7-17-13/h1,8-9H,3-7H2;2-8H,1H3,(H,18,19)/t;8-/m.1/s1. The van der Waals surface area contributed by atoms with Crippen LogP contribution < -0.4 is 19.9 Å². The fraction of sp³-hybridized carbons (Fsp3) is 0.241. The van der Waals surface area contributed by atoms with Crippen LogP contribution in [-0.2, 0) is 17.8 Å². The topological polar surface area (TPSA) is 118 Å². The Bertz CT molecular complexity index is 1720. The molecule has 10 nitrogen and oxygen atoms in total. The number of aryl methyl sites for hydroxylation is 1. The van der Waals surface area contributed by atoms with E-state index >= 15 is 0 Å². The average Bonchev–Trinajstić information content (AvgIpc) is 3.31. The molecule has 3 heterocycles. The van der Waals surface area contributed by atoms with Crippen LogP contribution in [0.1, 0.15) is 25.6 Å². The quantitative estimate of drug-likeness (QED) is 0.224. The second kappa shape index (κ2) is 14.3. The highest BCUT2D eigenvalue weighted by atomic mass is 35.5. The number of halogens is 4. The van der Waals surface area contributed by atoms with E-state index in [-0.39, 0.29) is 23.2 Å². The highest BCUT2D eigenvalue weighted by Gasteiger charge is 2.20. The molecule has 0 radical (unpaired) electrons. The molecule has 1 N–H and O–H groups in total. The molecule has 0 saturated carbocycles. The predicted molar refractivity (Wildman–Crippen MR) is 159 cm³/mol. The summed E-state index contributed by atoms with van der Waals surface area (Å²) < 4.78 is 32.3. The Morgan fingerprint density at radius 2 is 1.86 bits per heavy atom. The first-order valence-corrected chi connectivity index (χ1v) is 13.9. The molecular formula is C29H24Cl3FN4O6. The van der Waals surface area contributed by atoms with E-state index in [1.165, 1.54) is 48.1 Å². The number of pyridine rings is 1. The lowest BCUT2D eigenvalue weighted by atomic mass is 10.2. The lowest BCUT2D eigenvalue weighted by molar-refractivity contribution is -0.144. The highest BCUT2D eigenvalue weighted by molar-refractivity contribution is 6.36. The van der Waals surface area contributed by atoms with Crippen LogP contribution in [0.5, 0.6) is 23.1 Å². The Balaban J connectivity index is 0.000000197. The van der Waals surface area contributed by atoms with Crippen molar-refractivity contribution in [2.45, 2.75) is 38.8 Å². The Kier molecular flexibility index (Phi) is 10.5. The van der Waals surface area contributed by atoms with Crippen LogP contribution in [0.25, 0.3) is 5.69 Å². The molecule has 2 aromatic heterocycles. The normalized spacial score (nSPS) is 12.7. The molecule has 224 valence electrons. The maximum Gasteiger partial charge on any atom is 0.350 e. The Labute approximate surface area is 260 Å². The summed E-state index contributed by atoms with van der Waals surface area (Å²) >= 11 is 17.9. The number of terminal acetylenes is 1. The lowest BCUT2D eigenvalue weighted by Gasteiger charge is -2.11. The van der Waals surface area contributed by atoms with E-state index in [4.69, 9.17) is 60.5 Å². The lowest BCUT2D eigenvalue weighted by Crippen LogP contribution is -2.26. The third kappa shape index (κ3) is 7.99. The van der Waals surface area contributed by atoms with E-state index in [0.29, 0.717) is 39.5 Å². The number of benzene rings is 2. The molecule has 1 atom stereocenters. The molecule has 0 amide bonds. The average molecular weight is 650 g/mol. The van der Waals surface area contributed by atoms with E-state index < -0.39 is 17.9 Å². The van der Waals surface area contributed by atoms with Crippen LogP contribution in [0.4, 0.5) is 4.39 Å². The van der Waals surface area contributed by atoms with Gasteiger partial charge in [0.1, 0.15) is 29.7 Å². The predicted octanol–water partition coefficient (Wildman–Crippen LogP) is 6.21. The molecule has 43 heavy (non-hydrogen) atoms. The van der Waals surface area contributed by atoms with Gasteiger partial charge in [0.2, 0.25) is 0 Å². The minimum absolute atomic E-state index is 0.0788. The number of rotatable bonds is 8. The van der Waals surface area contributed by atoms with Crippen molar-refractivity contribution in [3.8, 4) is 41.2 Å². The van der Waals surface area contributed by atoms with Gasteiger partial charge < -0.3 is 19.3 Å². The minimum Gasteiger partial charge on any atom is -0.479 e. The van der Waals surface area contributed by atoms with Crippen LogP contribution in [-0.4, -0.2) is 43.1 Å². The molecule has 5 rings (SSSR count). The van der Waals surface area contributed by atoms with Gasteiger partial charge in [0.25, 0.3) is 5.88 Å². The minimum atomic E-state index is -1.07. The second-order valence-electron chi connectivity index (χ2n) is 9.06. The van der Waals surface area contributed by atoms with Crippen LogP contribution in [0.2, 0.25) is 15.1 Å². The molecule has 0 unspecified atom stereocenters. The third-order valence-corrected chi connectivity index (χ3v) is 6.79. The van der Waals surface area contributed by atoms with E-state index in [1.54, 1.807) is 10.6 Å². The van der Waals surface area contributed by atoms with Crippen molar-refractivity contribution in [1.29, 1.82) is 0 Å². The molecule has 0 fully saturated rings. The summed E-state index contributed by atoms with van der Waals surface area (Å²) in [6.45, 7) is 2.18. The number of aliphatic carboxylic acids is 1. The first-order valence-electron chi connectivity index (χ1n) is 12.8. The van der Waals surface area contributed by atoms with E-state index in [9.17, 15) is 14.0 Å². The Hall–Kier alpha value is -4.24. The summed E-state index contributed by atoms with van der Waals surface area (Å²) in [5, 5.41) is 13.9. The van der Waals surface area contributed by atoms with Crippen LogP contribution in [0.3, 0.4) is 0 Å². The van der Waals surface area contributed by atoms with Gasteiger partial charge in [-0.15, -0.1) is 11.5 Å². The van der Waals surface area contributed by atoms with Gasteiger partial charge in [-0.1, -0.05) is 40.7 Å². The molecule has 14 heteroatoms. The van der Waals surface area contributed by atoms with Crippen molar-refractivity contribution in [2.75, 3.05) is 6.61 Å². The van der Waals surface area contributed by atoms with Gasteiger partial charge in [0.15, 0.2) is 11.9 Å². The summed E-state index contributed by atoms with van der Waals surface area (Å²) in [6.07, 6.45) is 8.28. The van der Waals surface area contributed by atoms with Crippen molar-refractivity contribution in [3.63, 3.8) is 0 Å². The van der Waals surface area contributed by atoms with Gasteiger partial charge in [-0.25, -0.2) is 19.0 Å². The van der Waals surface area contributed by atoms with Crippen molar-refractivity contribution in [3.05, 3.63) is 85.9 Å². The number of carboxylic acids is 1. The maximum atomic E-state index is 13.5. The van der Waals surface area contributed by atoms with Crippen molar-refractivity contribution in [2.24, 2.45) is 0 Å². The molecular weight excluding hydrogens is 626 g/mol. The highest BCUT2D eigenvalue weighted by Crippen LogP contribution is 2.33. The molecule has 2 aromatic carbocycles. The Morgan fingerprint density at radius 1 is 1.14 bits per heavy atom. The van der Waals surface area contributed by atoms with Gasteiger partial charge in [0.05, 0.1) is 20.8 Å². The molecule has 4 aromatic rings. The van der Waals surface area contributed by atoms with Crippen molar-refractivity contribution >= 4 is 40.8 Å². The van der Waals surface area contributed by atoms with Gasteiger partial charge >= 0.3 is 11.7 Å². The summed E-state index contributed by atoms with van der Waals surface area (Å²) in [5.41, 5.74) is 0.229. The smallest absolute Gasteiger partial charge is 0.350 e. The number of ether oxygens (including phenoxy) is 3. The number of hydrogen-bond donors (Lipinski definition) is 1. The SMILES string of the molecule is C#CCOc1cc(-n2nc3n(c2=O)CCCC3)c(Cl)cc1Cl.C[C@@H](Oc1ccc(Oc2ncc(Cl)cc2F)cc1)C(=O)O. The summed E-state index contributed by atoms with van der Waals surface area (Å²) in [7, 11) is 0. The third-order valence-electron chi connectivity index (χ3n) is 5.98. The monoisotopic (exact) mass is 648 g/mol. The van der Waals surface area contributed by atoms with E-state index in [2.05, 4.69) is 16.0 Å². The molecule has 0 aliphatic carbocycles. The van der Waals surface area contributed by atoms with Gasteiger partial charge in [-0.05, 0) is 56.2 Å². The van der Waals surface area contributed by atoms with Gasteiger partial charge in [-0.2, -0.15) is 4.68 Å². The fourth-order valence-electron chi connectivity index (χ4n) is 3.90. The fourth-order valence-corrected chi connectivity index (χ4v) is 4.56. The van der Waals surface area contributed by atoms with Gasteiger partial charge in [-0.3, -0.25) is 4.57 Å². The second-order valence-corrected chi connectivity index (χ2v) is 10.3. The van der Waals surface area contributed by atoms with Crippen LogP contribution >= 0.6 is 34.8 Å².